The van der Waals surface area contributed by atoms with Crippen molar-refractivity contribution in [2.45, 2.75) is 13.0 Å². The van der Waals surface area contributed by atoms with Crippen LogP contribution in [0.1, 0.15) is 6.92 Å². The number of halogens is 1. The molecule has 0 spiro atoms. The molecular formula is C16H22ClN3O3. The summed E-state index contributed by atoms with van der Waals surface area (Å²) < 4.78 is 5.67. The molecule has 0 aliphatic carbocycles. The van der Waals surface area contributed by atoms with Crippen LogP contribution in [0.4, 0.5) is 0 Å². The smallest absolute Gasteiger partial charge is 0.263 e. The van der Waals surface area contributed by atoms with E-state index in [0.717, 1.165) is 0 Å². The predicted molar refractivity (Wildman–Crippen MR) is 88.6 cm³/mol. The van der Waals surface area contributed by atoms with Gasteiger partial charge in [-0.2, -0.15) is 0 Å². The van der Waals surface area contributed by atoms with Gasteiger partial charge in [-0.05, 0) is 31.2 Å². The highest BCUT2D eigenvalue weighted by Crippen LogP contribution is 2.17. The third kappa shape index (κ3) is 5.11. The fourth-order valence-electron chi connectivity index (χ4n) is 2.43. The maximum absolute atomic E-state index is 12.4. The Morgan fingerprint density at radius 2 is 1.83 bits per heavy atom. The number of carbonyl (C=O) groups is 2. The summed E-state index contributed by atoms with van der Waals surface area (Å²) in [5.74, 6) is 0.567. The van der Waals surface area contributed by atoms with Crippen LogP contribution in [0.3, 0.4) is 0 Å². The molecule has 0 radical (unpaired) electrons. The molecule has 1 heterocycles. The van der Waals surface area contributed by atoms with Gasteiger partial charge in [0.2, 0.25) is 5.91 Å². The zero-order valence-electron chi connectivity index (χ0n) is 13.4. The highest BCUT2D eigenvalue weighted by Gasteiger charge is 2.26. The summed E-state index contributed by atoms with van der Waals surface area (Å²) in [6.45, 7) is 4.69. The molecule has 6 nitrogen and oxygen atoms in total. The molecule has 2 amide bonds. The molecule has 1 aliphatic rings. The fraction of sp³-hybridized carbons (Fsp3) is 0.500. The Morgan fingerprint density at radius 1 is 1.22 bits per heavy atom. The van der Waals surface area contributed by atoms with E-state index in [2.05, 4.69) is 5.32 Å². The van der Waals surface area contributed by atoms with Gasteiger partial charge in [-0.15, -0.1) is 0 Å². The summed E-state index contributed by atoms with van der Waals surface area (Å²) in [5, 5.41) is 3.23. The Hall–Kier alpha value is -1.79. The van der Waals surface area contributed by atoms with E-state index >= 15 is 0 Å². The molecule has 0 saturated carbocycles. The minimum atomic E-state index is -0.554. The number of likely N-dealkylation sites (N-methyl/N-ethyl adjacent to an activating group) is 1. The first kappa shape index (κ1) is 17.6. The summed E-state index contributed by atoms with van der Waals surface area (Å²) in [6, 6.07) is 6.94. The SMILES string of the molecule is CNC(=O)CN1CCN(C(=O)C(C)Oc2ccc(Cl)cc2)CC1. The van der Waals surface area contributed by atoms with Crippen LogP contribution in [0.25, 0.3) is 0 Å². The van der Waals surface area contributed by atoms with Gasteiger partial charge >= 0.3 is 0 Å². The number of hydrogen-bond donors (Lipinski definition) is 1. The van der Waals surface area contributed by atoms with E-state index in [0.29, 0.717) is 43.5 Å². The first-order valence-electron chi connectivity index (χ1n) is 7.63. The van der Waals surface area contributed by atoms with E-state index in [-0.39, 0.29) is 11.8 Å². The van der Waals surface area contributed by atoms with Crippen molar-refractivity contribution in [3.05, 3.63) is 29.3 Å². The average molecular weight is 340 g/mol. The van der Waals surface area contributed by atoms with Crippen LogP contribution >= 0.6 is 11.6 Å². The number of rotatable bonds is 5. The lowest BCUT2D eigenvalue weighted by Gasteiger charge is -2.35. The van der Waals surface area contributed by atoms with Gasteiger partial charge in [-0.1, -0.05) is 11.6 Å². The van der Waals surface area contributed by atoms with Gasteiger partial charge in [0.15, 0.2) is 6.10 Å². The first-order valence-corrected chi connectivity index (χ1v) is 8.01. The fourth-order valence-corrected chi connectivity index (χ4v) is 2.56. The lowest BCUT2D eigenvalue weighted by Crippen LogP contribution is -2.53. The second-order valence-electron chi connectivity index (χ2n) is 5.49. The molecule has 1 fully saturated rings. The van der Waals surface area contributed by atoms with Crippen LogP contribution in [0.15, 0.2) is 24.3 Å². The minimum Gasteiger partial charge on any atom is -0.481 e. The van der Waals surface area contributed by atoms with Crippen molar-refractivity contribution in [1.29, 1.82) is 0 Å². The van der Waals surface area contributed by atoms with E-state index in [1.807, 2.05) is 4.90 Å². The third-order valence-corrected chi connectivity index (χ3v) is 4.06. The Balaban J connectivity index is 1.81. The van der Waals surface area contributed by atoms with Crippen molar-refractivity contribution in [2.75, 3.05) is 39.8 Å². The van der Waals surface area contributed by atoms with Crippen molar-refractivity contribution in [1.82, 2.24) is 15.1 Å². The highest BCUT2D eigenvalue weighted by atomic mass is 35.5. The number of carbonyl (C=O) groups excluding carboxylic acids is 2. The second-order valence-corrected chi connectivity index (χ2v) is 5.93. The molecule has 7 heteroatoms. The number of benzene rings is 1. The van der Waals surface area contributed by atoms with Crippen LogP contribution in [0.5, 0.6) is 5.75 Å². The zero-order valence-corrected chi connectivity index (χ0v) is 14.2. The van der Waals surface area contributed by atoms with E-state index in [1.165, 1.54) is 0 Å². The molecule has 1 N–H and O–H groups in total. The molecular weight excluding hydrogens is 318 g/mol. The average Bonchev–Trinajstić information content (AvgIpc) is 2.56. The second kappa shape index (κ2) is 8.17. The van der Waals surface area contributed by atoms with Gasteiger partial charge in [0.1, 0.15) is 5.75 Å². The quantitative estimate of drug-likeness (QED) is 0.869. The van der Waals surface area contributed by atoms with Gasteiger partial charge < -0.3 is 15.0 Å². The lowest BCUT2D eigenvalue weighted by molar-refractivity contribution is -0.139. The monoisotopic (exact) mass is 339 g/mol. The van der Waals surface area contributed by atoms with Crippen LogP contribution in [0, 0.1) is 0 Å². The van der Waals surface area contributed by atoms with E-state index in [1.54, 1.807) is 43.1 Å². The molecule has 1 saturated heterocycles. The van der Waals surface area contributed by atoms with Crippen molar-refractivity contribution in [3.8, 4) is 5.75 Å². The maximum atomic E-state index is 12.4. The Bertz CT molecular complexity index is 542. The maximum Gasteiger partial charge on any atom is 0.263 e. The van der Waals surface area contributed by atoms with Crippen molar-refractivity contribution in [3.63, 3.8) is 0 Å². The minimum absolute atomic E-state index is 0.00998. The van der Waals surface area contributed by atoms with Gasteiger partial charge in [0.05, 0.1) is 6.54 Å². The molecule has 0 bridgehead atoms. The van der Waals surface area contributed by atoms with Gasteiger partial charge in [0, 0.05) is 38.2 Å². The lowest BCUT2D eigenvalue weighted by atomic mass is 10.2. The largest absolute Gasteiger partial charge is 0.481 e. The number of hydrogen-bond acceptors (Lipinski definition) is 4. The molecule has 1 aromatic rings. The molecule has 1 unspecified atom stereocenters. The highest BCUT2D eigenvalue weighted by molar-refractivity contribution is 6.30. The third-order valence-electron chi connectivity index (χ3n) is 3.80. The molecule has 0 aromatic heterocycles. The van der Waals surface area contributed by atoms with Gasteiger partial charge in [0.25, 0.3) is 5.91 Å². The summed E-state index contributed by atoms with van der Waals surface area (Å²) in [4.78, 5) is 27.6. The standard InChI is InChI=1S/C16H22ClN3O3/c1-12(23-14-5-3-13(17)4-6-14)16(22)20-9-7-19(8-10-20)11-15(21)18-2/h3-6,12H,7-11H2,1-2H3,(H,18,21). The van der Waals surface area contributed by atoms with Crippen LogP contribution < -0.4 is 10.1 Å². The number of nitrogens with zero attached hydrogens (tertiary/aromatic N) is 2. The van der Waals surface area contributed by atoms with E-state index in [9.17, 15) is 9.59 Å². The van der Waals surface area contributed by atoms with Crippen molar-refractivity contribution >= 4 is 23.4 Å². The summed E-state index contributed by atoms with van der Waals surface area (Å²) in [5.41, 5.74) is 0. The molecule has 2 rings (SSSR count). The van der Waals surface area contributed by atoms with E-state index in [4.69, 9.17) is 16.3 Å². The van der Waals surface area contributed by atoms with E-state index < -0.39 is 6.10 Å². The number of ether oxygens (including phenoxy) is 1. The Morgan fingerprint density at radius 3 is 2.39 bits per heavy atom. The van der Waals surface area contributed by atoms with Gasteiger partial charge in [-0.25, -0.2) is 0 Å². The first-order chi connectivity index (χ1) is 11.0. The zero-order chi connectivity index (χ0) is 16.8. The van der Waals surface area contributed by atoms with Gasteiger partial charge in [-0.3, -0.25) is 14.5 Å². The number of amides is 2. The summed E-state index contributed by atoms with van der Waals surface area (Å²) >= 11 is 5.83. The Labute approximate surface area is 141 Å². The molecule has 126 valence electrons. The predicted octanol–water partition coefficient (Wildman–Crippen LogP) is 0.998. The summed E-state index contributed by atoms with van der Waals surface area (Å²) in [7, 11) is 1.62. The Kier molecular flexibility index (Phi) is 6.24. The number of piperazine rings is 1. The molecule has 1 aliphatic heterocycles. The molecule has 23 heavy (non-hydrogen) atoms. The number of nitrogens with one attached hydrogen (secondary N) is 1. The molecule has 1 aromatic carbocycles. The van der Waals surface area contributed by atoms with Crippen LogP contribution in [-0.4, -0.2) is 67.5 Å². The topological polar surface area (TPSA) is 61.9 Å². The normalized spacial score (nSPS) is 16.7. The van der Waals surface area contributed by atoms with Crippen molar-refractivity contribution < 1.29 is 14.3 Å². The van der Waals surface area contributed by atoms with Crippen LogP contribution in [-0.2, 0) is 9.59 Å². The van der Waals surface area contributed by atoms with Crippen LogP contribution in [0.2, 0.25) is 5.02 Å². The van der Waals surface area contributed by atoms with Crippen molar-refractivity contribution in [2.24, 2.45) is 0 Å². The summed E-state index contributed by atoms with van der Waals surface area (Å²) in [6.07, 6.45) is -0.554. The molecule has 1 atom stereocenters.